The number of benzene rings is 6. The number of nitrogens with zero attached hydrogens (tertiary/aromatic N) is 3. The lowest BCUT2D eigenvalue weighted by Crippen LogP contribution is -1.93. The summed E-state index contributed by atoms with van der Waals surface area (Å²) in [5.74, 6) is 0. The molecule has 0 atom stereocenters. The van der Waals surface area contributed by atoms with E-state index < -0.39 is 0 Å². The van der Waals surface area contributed by atoms with Crippen LogP contribution in [0.25, 0.3) is 76.8 Å². The molecule has 0 saturated carbocycles. The fraction of sp³-hybridized carbons (Fsp3) is 0.0270. The first kappa shape index (κ1) is 21.6. The van der Waals surface area contributed by atoms with Gasteiger partial charge in [-0.25, -0.2) is 0 Å². The van der Waals surface area contributed by atoms with Gasteiger partial charge in [-0.15, -0.1) is 0 Å². The summed E-state index contributed by atoms with van der Waals surface area (Å²) in [7, 11) is 2.20. The van der Waals surface area contributed by atoms with Gasteiger partial charge in [-0.3, -0.25) is 0 Å². The van der Waals surface area contributed by atoms with Gasteiger partial charge in [0.1, 0.15) is 0 Å². The first-order valence-electron chi connectivity index (χ1n) is 13.8. The van der Waals surface area contributed by atoms with Gasteiger partial charge in [0, 0.05) is 61.8 Å². The molecule has 0 amide bonds. The summed E-state index contributed by atoms with van der Waals surface area (Å²) in [5.41, 5.74) is 9.79. The van der Waals surface area contributed by atoms with Crippen molar-refractivity contribution in [2.45, 2.75) is 0 Å². The van der Waals surface area contributed by atoms with Crippen molar-refractivity contribution in [1.29, 1.82) is 0 Å². The predicted octanol–water partition coefficient (Wildman–Crippen LogP) is 9.53. The highest BCUT2D eigenvalue weighted by molar-refractivity contribution is 6.30. The highest BCUT2D eigenvalue weighted by atomic mass is 15.0. The van der Waals surface area contributed by atoms with Crippen molar-refractivity contribution in [1.82, 2.24) is 13.7 Å². The van der Waals surface area contributed by atoms with Crippen molar-refractivity contribution >= 4 is 65.4 Å². The number of hydrogen-bond acceptors (Lipinski definition) is 0. The largest absolute Gasteiger partial charge is 0.344 e. The van der Waals surface area contributed by atoms with E-state index in [0.717, 1.165) is 0 Å². The molecule has 3 heteroatoms. The number of rotatable bonds is 2. The zero-order valence-electron chi connectivity index (χ0n) is 22.0. The number of hydrogen-bond donors (Lipinski definition) is 0. The van der Waals surface area contributed by atoms with Crippen LogP contribution in [0.2, 0.25) is 0 Å². The maximum absolute atomic E-state index is 2.42. The molecule has 0 aliphatic carbocycles. The molecular formula is C37H25N3. The lowest BCUT2D eigenvalue weighted by atomic mass is 10.0. The van der Waals surface area contributed by atoms with Crippen molar-refractivity contribution in [3.05, 3.63) is 133 Å². The molecule has 0 saturated heterocycles. The van der Waals surface area contributed by atoms with E-state index in [1.807, 2.05) is 0 Å². The van der Waals surface area contributed by atoms with Crippen molar-refractivity contribution in [2.75, 3.05) is 0 Å². The van der Waals surface area contributed by atoms with Crippen LogP contribution >= 0.6 is 0 Å². The summed E-state index contributed by atoms with van der Waals surface area (Å²) in [6.45, 7) is 0. The Kier molecular flexibility index (Phi) is 4.26. The van der Waals surface area contributed by atoms with Gasteiger partial charge in [0.25, 0.3) is 0 Å². The molecule has 3 nitrogen and oxygen atoms in total. The van der Waals surface area contributed by atoms with E-state index in [1.165, 1.54) is 76.8 Å². The molecule has 188 valence electrons. The molecule has 0 spiro atoms. The molecule has 0 aliphatic rings. The van der Waals surface area contributed by atoms with Gasteiger partial charge in [0.2, 0.25) is 0 Å². The average Bonchev–Trinajstić information content (AvgIpc) is 3.62. The van der Waals surface area contributed by atoms with Crippen LogP contribution in [0.15, 0.2) is 133 Å². The minimum Gasteiger partial charge on any atom is -0.344 e. The summed E-state index contributed by atoms with van der Waals surface area (Å²) < 4.78 is 7.19. The van der Waals surface area contributed by atoms with Gasteiger partial charge in [-0.05, 0) is 60.7 Å². The number of fused-ring (bicyclic) bond motifs is 10. The van der Waals surface area contributed by atoms with Gasteiger partial charge in [-0.2, -0.15) is 0 Å². The average molecular weight is 512 g/mol. The van der Waals surface area contributed by atoms with Crippen LogP contribution in [0, 0.1) is 0 Å². The lowest BCUT2D eigenvalue weighted by molar-refractivity contribution is 1.02. The number of aryl methyl sites for hydroxylation is 1. The maximum Gasteiger partial charge on any atom is 0.0548 e. The van der Waals surface area contributed by atoms with E-state index in [4.69, 9.17) is 0 Å². The monoisotopic (exact) mass is 511 g/mol. The molecule has 6 aromatic carbocycles. The Labute approximate surface area is 230 Å². The minimum atomic E-state index is 1.18. The third-order valence-electron chi connectivity index (χ3n) is 8.63. The van der Waals surface area contributed by atoms with Gasteiger partial charge < -0.3 is 13.7 Å². The molecule has 0 fully saturated rings. The topological polar surface area (TPSA) is 14.8 Å². The molecule has 9 aromatic rings. The summed E-state index contributed by atoms with van der Waals surface area (Å²) in [5, 5.41) is 7.74. The molecule has 0 bridgehead atoms. The zero-order valence-corrected chi connectivity index (χ0v) is 22.0. The molecule has 3 aromatic heterocycles. The van der Waals surface area contributed by atoms with Crippen LogP contribution in [-0.2, 0) is 7.05 Å². The number of aromatic nitrogens is 3. The quantitative estimate of drug-likeness (QED) is 0.219. The fourth-order valence-corrected chi connectivity index (χ4v) is 6.92. The Hall–Kier alpha value is -5.28. The number of para-hydroxylation sites is 4. The molecule has 0 radical (unpaired) electrons. The van der Waals surface area contributed by atoms with E-state index in [-0.39, 0.29) is 0 Å². The Morgan fingerprint density at radius 2 is 0.850 bits per heavy atom. The normalized spacial score (nSPS) is 12.1. The van der Waals surface area contributed by atoms with Gasteiger partial charge in [0.15, 0.2) is 0 Å². The van der Waals surface area contributed by atoms with Crippen LogP contribution in [0.4, 0.5) is 0 Å². The second-order valence-electron chi connectivity index (χ2n) is 10.7. The third kappa shape index (κ3) is 2.73. The van der Waals surface area contributed by atoms with E-state index in [1.54, 1.807) is 0 Å². The summed E-state index contributed by atoms with van der Waals surface area (Å²) >= 11 is 0. The zero-order chi connectivity index (χ0) is 26.4. The molecule has 0 unspecified atom stereocenters. The van der Waals surface area contributed by atoms with Crippen LogP contribution in [-0.4, -0.2) is 13.7 Å². The molecule has 0 aliphatic heterocycles. The van der Waals surface area contributed by atoms with Crippen molar-refractivity contribution in [2.24, 2.45) is 7.05 Å². The van der Waals surface area contributed by atoms with Crippen molar-refractivity contribution in [3.8, 4) is 11.4 Å². The van der Waals surface area contributed by atoms with Gasteiger partial charge >= 0.3 is 0 Å². The van der Waals surface area contributed by atoms with Gasteiger partial charge in [0.05, 0.1) is 22.1 Å². The van der Waals surface area contributed by atoms with E-state index in [9.17, 15) is 0 Å². The highest BCUT2D eigenvalue weighted by Crippen LogP contribution is 2.43. The Morgan fingerprint density at radius 1 is 0.350 bits per heavy atom. The molecule has 9 rings (SSSR count). The Bertz CT molecular complexity index is 2420. The van der Waals surface area contributed by atoms with Crippen LogP contribution in [0.1, 0.15) is 0 Å². The molecule has 3 heterocycles. The maximum atomic E-state index is 2.42. The standard InChI is InChI=1S/C37H25N3/c1-38-32-20-21-33-36(27-17-9-11-19-31(27)39(33)24-12-4-2-5-13-24)37(32)29-23-35-28(22-34(29)38)26-16-8-10-18-30(26)40(35)25-14-6-3-7-15-25/h2-23H,1H3. The summed E-state index contributed by atoms with van der Waals surface area (Å²) in [4.78, 5) is 0. The molecule has 40 heavy (non-hydrogen) atoms. The minimum absolute atomic E-state index is 1.18. The van der Waals surface area contributed by atoms with Gasteiger partial charge in [-0.1, -0.05) is 72.8 Å². The SMILES string of the molecule is Cn1c2cc3c4ccccc4n(-c4ccccc4)c3cc2c2c3c4ccccc4n(-c4ccccc4)c3ccc21. The molecule has 0 N–H and O–H groups in total. The van der Waals surface area contributed by atoms with Crippen LogP contribution in [0.3, 0.4) is 0 Å². The van der Waals surface area contributed by atoms with E-state index >= 15 is 0 Å². The fourth-order valence-electron chi connectivity index (χ4n) is 6.92. The Balaban J connectivity index is 1.51. The van der Waals surface area contributed by atoms with E-state index in [2.05, 4.69) is 154 Å². The smallest absolute Gasteiger partial charge is 0.0548 e. The first-order chi connectivity index (χ1) is 19.8. The van der Waals surface area contributed by atoms with Crippen LogP contribution < -0.4 is 0 Å². The first-order valence-corrected chi connectivity index (χ1v) is 13.8. The summed E-state index contributed by atoms with van der Waals surface area (Å²) in [6, 6.07) is 48.4. The van der Waals surface area contributed by atoms with E-state index in [0.29, 0.717) is 0 Å². The van der Waals surface area contributed by atoms with Crippen molar-refractivity contribution in [3.63, 3.8) is 0 Å². The van der Waals surface area contributed by atoms with Crippen LogP contribution in [0.5, 0.6) is 0 Å². The summed E-state index contributed by atoms with van der Waals surface area (Å²) in [6.07, 6.45) is 0. The molecular weight excluding hydrogens is 486 g/mol. The second-order valence-corrected chi connectivity index (χ2v) is 10.7. The Morgan fingerprint density at radius 3 is 1.55 bits per heavy atom. The third-order valence-corrected chi connectivity index (χ3v) is 8.63. The predicted molar refractivity (Wildman–Crippen MR) is 169 cm³/mol. The lowest BCUT2D eigenvalue weighted by Gasteiger charge is -2.08. The second kappa shape index (κ2) is 7.87. The highest BCUT2D eigenvalue weighted by Gasteiger charge is 2.21. The van der Waals surface area contributed by atoms with Crippen molar-refractivity contribution < 1.29 is 0 Å².